The van der Waals surface area contributed by atoms with E-state index in [2.05, 4.69) is 20.8 Å². The smallest absolute Gasteiger partial charge is 0.272 e. The number of ether oxygens (including phenoxy) is 1. The third kappa shape index (κ3) is 4.92. The zero-order valence-electron chi connectivity index (χ0n) is 17.8. The van der Waals surface area contributed by atoms with E-state index in [-0.39, 0.29) is 21.6 Å². The number of hydrogen-bond acceptors (Lipinski definition) is 4. The summed E-state index contributed by atoms with van der Waals surface area (Å²) in [6.45, 7) is 6.20. The van der Waals surface area contributed by atoms with Gasteiger partial charge in [-0.25, -0.2) is 8.42 Å². The van der Waals surface area contributed by atoms with Gasteiger partial charge in [0.05, 0.1) is 17.7 Å². The Balaban J connectivity index is 2.11. The first-order valence-electron chi connectivity index (χ1n) is 9.64. The van der Waals surface area contributed by atoms with Crippen molar-refractivity contribution in [3.63, 3.8) is 0 Å². The van der Waals surface area contributed by atoms with Gasteiger partial charge in [0.1, 0.15) is 5.75 Å². The maximum Gasteiger partial charge on any atom is 0.272 e. The van der Waals surface area contributed by atoms with Crippen molar-refractivity contribution in [3.8, 4) is 5.75 Å². The normalized spacial score (nSPS) is 11.8. The molecule has 0 spiro atoms. The number of nitrogens with zero attached hydrogens (tertiary/aromatic N) is 1. The molecule has 0 aliphatic heterocycles. The molecule has 31 heavy (non-hydrogen) atoms. The Bertz CT molecular complexity index is 1160. The number of carbonyl (C=O) groups is 1. The van der Waals surface area contributed by atoms with Gasteiger partial charge >= 0.3 is 0 Å². The Morgan fingerprint density at radius 3 is 1.90 bits per heavy atom. The van der Waals surface area contributed by atoms with Gasteiger partial charge in [0.25, 0.3) is 15.9 Å². The van der Waals surface area contributed by atoms with E-state index in [1.165, 1.54) is 43.5 Å². The summed E-state index contributed by atoms with van der Waals surface area (Å²) in [7, 11) is -2.68. The standard InChI is InChI=1S/C24H24ClNO4S/c1-24(2,3)18-7-5-17(6-8-18)23(27)26(20-11-13-21(30-4)14-12-20)31(28,29)22-15-9-19(25)10-16-22/h5-16H,1-4H3. The fraction of sp³-hybridized carbons (Fsp3) is 0.208. The predicted octanol–water partition coefficient (Wildman–Crippen LogP) is 5.68. The molecule has 0 bridgehead atoms. The summed E-state index contributed by atoms with van der Waals surface area (Å²) < 4.78 is 32.9. The lowest BCUT2D eigenvalue weighted by molar-refractivity contribution is 0.101. The molecule has 0 saturated carbocycles. The Labute approximate surface area is 188 Å². The number of sulfonamides is 1. The minimum absolute atomic E-state index is 0.0348. The molecule has 0 aliphatic carbocycles. The van der Waals surface area contributed by atoms with E-state index in [9.17, 15) is 13.2 Å². The minimum atomic E-state index is -4.19. The van der Waals surface area contributed by atoms with Crippen LogP contribution in [0.25, 0.3) is 0 Å². The average Bonchev–Trinajstić information content (AvgIpc) is 2.74. The Hall–Kier alpha value is -2.83. The van der Waals surface area contributed by atoms with Crippen molar-refractivity contribution in [1.82, 2.24) is 0 Å². The van der Waals surface area contributed by atoms with Gasteiger partial charge in [-0.3, -0.25) is 4.79 Å². The number of anilines is 1. The van der Waals surface area contributed by atoms with Gasteiger partial charge in [-0.15, -0.1) is 0 Å². The van der Waals surface area contributed by atoms with E-state index in [4.69, 9.17) is 16.3 Å². The monoisotopic (exact) mass is 457 g/mol. The summed E-state index contributed by atoms with van der Waals surface area (Å²) in [4.78, 5) is 13.4. The Morgan fingerprint density at radius 1 is 0.871 bits per heavy atom. The first kappa shape index (κ1) is 22.8. The molecular weight excluding hydrogens is 434 g/mol. The van der Waals surface area contributed by atoms with E-state index in [1.54, 1.807) is 24.3 Å². The summed E-state index contributed by atoms with van der Waals surface area (Å²) in [6, 6.07) is 19.0. The van der Waals surface area contributed by atoms with E-state index >= 15 is 0 Å². The number of amides is 1. The highest BCUT2D eigenvalue weighted by Gasteiger charge is 2.32. The van der Waals surface area contributed by atoms with E-state index in [1.807, 2.05) is 12.1 Å². The van der Waals surface area contributed by atoms with Crippen LogP contribution in [0.4, 0.5) is 5.69 Å². The second-order valence-corrected chi connectivity index (χ2v) is 10.3. The lowest BCUT2D eigenvalue weighted by atomic mass is 9.87. The topological polar surface area (TPSA) is 63.7 Å². The van der Waals surface area contributed by atoms with Crippen molar-refractivity contribution in [1.29, 1.82) is 0 Å². The first-order valence-corrected chi connectivity index (χ1v) is 11.5. The highest BCUT2D eigenvalue weighted by Crippen LogP contribution is 2.29. The highest BCUT2D eigenvalue weighted by molar-refractivity contribution is 7.93. The molecule has 0 radical (unpaired) electrons. The molecule has 5 nitrogen and oxygen atoms in total. The van der Waals surface area contributed by atoms with Crippen LogP contribution in [0.15, 0.2) is 77.7 Å². The van der Waals surface area contributed by atoms with Gasteiger partial charge in [0.2, 0.25) is 0 Å². The van der Waals surface area contributed by atoms with Crippen LogP contribution in [0.1, 0.15) is 36.7 Å². The molecule has 3 aromatic carbocycles. The second-order valence-electron chi connectivity index (χ2n) is 8.05. The molecule has 7 heteroatoms. The van der Waals surface area contributed by atoms with Crippen molar-refractivity contribution < 1.29 is 17.9 Å². The minimum Gasteiger partial charge on any atom is -0.497 e. The zero-order chi connectivity index (χ0) is 22.8. The van der Waals surface area contributed by atoms with E-state index in [0.29, 0.717) is 10.8 Å². The van der Waals surface area contributed by atoms with Gasteiger partial charge in [-0.1, -0.05) is 44.5 Å². The summed E-state index contributed by atoms with van der Waals surface area (Å²) in [5.41, 5.74) is 1.43. The number of hydrogen-bond donors (Lipinski definition) is 0. The summed E-state index contributed by atoms with van der Waals surface area (Å²) in [5, 5.41) is 0.402. The van der Waals surface area contributed by atoms with Gasteiger partial charge in [-0.05, 0) is 71.6 Å². The molecule has 3 aromatic rings. The van der Waals surface area contributed by atoms with Gasteiger partial charge in [0, 0.05) is 10.6 Å². The Morgan fingerprint density at radius 2 is 1.42 bits per heavy atom. The lowest BCUT2D eigenvalue weighted by Crippen LogP contribution is -2.37. The molecule has 0 aliphatic rings. The number of methoxy groups -OCH3 is 1. The Kier molecular flexibility index (Phi) is 6.43. The van der Waals surface area contributed by atoms with Crippen LogP contribution in [0, 0.1) is 0 Å². The number of halogens is 1. The fourth-order valence-electron chi connectivity index (χ4n) is 3.02. The van der Waals surface area contributed by atoms with Crippen LogP contribution in [0.5, 0.6) is 5.75 Å². The number of benzene rings is 3. The molecule has 3 rings (SSSR count). The molecule has 0 fully saturated rings. The molecule has 0 atom stereocenters. The van der Waals surface area contributed by atoms with Crippen molar-refractivity contribution in [2.75, 3.05) is 11.4 Å². The molecule has 0 aromatic heterocycles. The third-order valence-corrected chi connectivity index (χ3v) is 6.82. The van der Waals surface area contributed by atoms with E-state index in [0.717, 1.165) is 9.87 Å². The third-order valence-electron chi connectivity index (χ3n) is 4.84. The summed E-state index contributed by atoms with van der Waals surface area (Å²) >= 11 is 5.91. The molecule has 0 unspecified atom stereocenters. The van der Waals surface area contributed by atoms with Crippen LogP contribution in [0.2, 0.25) is 5.02 Å². The predicted molar refractivity (Wildman–Crippen MR) is 124 cm³/mol. The molecule has 0 saturated heterocycles. The second kappa shape index (κ2) is 8.73. The number of rotatable bonds is 5. The summed E-state index contributed by atoms with van der Waals surface area (Å²) in [5.74, 6) is -0.102. The largest absolute Gasteiger partial charge is 0.497 e. The number of carbonyl (C=O) groups excluding carboxylic acids is 1. The van der Waals surface area contributed by atoms with Crippen LogP contribution >= 0.6 is 11.6 Å². The van der Waals surface area contributed by atoms with Crippen LogP contribution < -0.4 is 9.04 Å². The van der Waals surface area contributed by atoms with Crippen molar-refractivity contribution in [2.24, 2.45) is 0 Å². The van der Waals surface area contributed by atoms with E-state index < -0.39 is 15.9 Å². The molecule has 162 valence electrons. The van der Waals surface area contributed by atoms with Crippen LogP contribution in [0.3, 0.4) is 0 Å². The van der Waals surface area contributed by atoms with Crippen molar-refractivity contribution >= 4 is 33.2 Å². The van der Waals surface area contributed by atoms with Gasteiger partial charge < -0.3 is 4.74 Å². The van der Waals surface area contributed by atoms with Crippen molar-refractivity contribution in [3.05, 3.63) is 88.9 Å². The first-order chi connectivity index (χ1) is 14.5. The quantitative estimate of drug-likeness (QED) is 0.494. The van der Waals surface area contributed by atoms with Gasteiger partial charge in [0.15, 0.2) is 0 Å². The van der Waals surface area contributed by atoms with Crippen LogP contribution in [-0.2, 0) is 15.4 Å². The fourth-order valence-corrected chi connectivity index (χ4v) is 4.56. The van der Waals surface area contributed by atoms with Crippen molar-refractivity contribution in [2.45, 2.75) is 31.1 Å². The molecule has 0 heterocycles. The maximum atomic E-state index is 13.5. The molecule has 0 N–H and O–H groups in total. The highest BCUT2D eigenvalue weighted by atomic mass is 35.5. The van der Waals surface area contributed by atoms with Crippen LogP contribution in [-0.4, -0.2) is 21.4 Å². The average molecular weight is 458 g/mol. The van der Waals surface area contributed by atoms with Gasteiger partial charge in [-0.2, -0.15) is 4.31 Å². The zero-order valence-corrected chi connectivity index (χ0v) is 19.4. The lowest BCUT2D eigenvalue weighted by Gasteiger charge is -2.24. The summed E-state index contributed by atoms with van der Waals surface area (Å²) in [6.07, 6.45) is 0. The SMILES string of the molecule is COc1ccc(N(C(=O)c2ccc(C(C)(C)C)cc2)S(=O)(=O)c2ccc(Cl)cc2)cc1. The molecular formula is C24H24ClNO4S. The molecule has 1 amide bonds. The maximum absolute atomic E-state index is 13.5.